The summed E-state index contributed by atoms with van der Waals surface area (Å²) in [6, 6.07) is 0. The van der Waals surface area contributed by atoms with E-state index in [4.69, 9.17) is 4.74 Å². The summed E-state index contributed by atoms with van der Waals surface area (Å²) in [7, 11) is 0. The zero-order valence-corrected chi connectivity index (χ0v) is 12.5. The summed E-state index contributed by atoms with van der Waals surface area (Å²) in [6.07, 6.45) is 2.17. The van der Waals surface area contributed by atoms with Gasteiger partial charge in [-0.1, -0.05) is 20.3 Å². The Kier molecular flexibility index (Phi) is 8.57. The molecule has 0 aromatic carbocycles. The highest BCUT2D eigenvalue weighted by Gasteiger charge is 2.20. The number of rotatable bonds is 9. The van der Waals surface area contributed by atoms with Crippen LogP contribution in [0.15, 0.2) is 0 Å². The van der Waals surface area contributed by atoms with E-state index < -0.39 is 5.92 Å². The van der Waals surface area contributed by atoms with Gasteiger partial charge in [-0.25, -0.2) is 8.78 Å². The average Bonchev–Trinajstić information content (AvgIpc) is 2.18. The molecule has 1 unspecified atom stereocenters. The monoisotopic (exact) mass is 282 g/mol. The molecule has 0 spiro atoms. The van der Waals surface area contributed by atoms with Gasteiger partial charge in [-0.2, -0.15) is 0 Å². The van der Waals surface area contributed by atoms with Crippen LogP contribution < -0.4 is 0 Å². The molecule has 0 rings (SSSR count). The zero-order chi connectivity index (χ0) is 14.2. The van der Waals surface area contributed by atoms with Crippen LogP contribution in [0.5, 0.6) is 0 Å². The normalized spacial score (nSPS) is 13.7. The Morgan fingerprint density at radius 3 is 2.33 bits per heavy atom. The number of carbonyl (C=O) groups excluding carboxylic acids is 1. The Hall–Kier alpha value is -0.320. The van der Waals surface area contributed by atoms with Crippen molar-refractivity contribution in [2.45, 2.75) is 64.7 Å². The molecule has 0 saturated heterocycles. The summed E-state index contributed by atoms with van der Waals surface area (Å²) in [4.78, 5) is 10.9. The van der Waals surface area contributed by atoms with Gasteiger partial charge in [-0.15, -0.1) is 11.8 Å². The highest BCUT2D eigenvalue weighted by molar-refractivity contribution is 7.99. The van der Waals surface area contributed by atoms with Crippen LogP contribution in [0.2, 0.25) is 0 Å². The second kappa shape index (κ2) is 8.73. The lowest BCUT2D eigenvalue weighted by Gasteiger charge is -2.20. The summed E-state index contributed by atoms with van der Waals surface area (Å²) in [5, 5.41) is 0. The standard InChI is InChI=1S/C13H24F2O2S/c1-10(2)12(17-11(3)16)18-9-7-5-6-8-13(4,14)15/h10,12H,5-9H2,1-4H3. The minimum absolute atomic E-state index is 0.0464. The molecule has 0 amide bonds. The molecule has 0 fully saturated rings. The third kappa shape index (κ3) is 10.8. The van der Waals surface area contributed by atoms with Crippen molar-refractivity contribution < 1.29 is 18.3 Å². The van der Waals surface area contributed by atoms with Crippen LogP contribution >= 0.6 is 11.8 Å². The van der Waals surface area contributed by atoms with Crippen LogP contribution in [0, 0.1) is 5.92 Å². The van der Waals surface area contributed by atoms with E-state index in [1.165, 1.54) is 6.92 Å². The summed E-state index contributed by atoms with van der Waals surface area (Å²) in [5.41, 5.74) is -0.130. The van der Waals surface area contributed by atoms with Crippen LogP contribution in [0.25, 0.3) is 0 Å². The highest BCUT2D eigenvalue weighted by Crippen LogP contribution is 2.24. The SMILES string of the molecule is CC(=O)OC(SCCCCCC(C)(F)F)C(C)C. The predicted octanol–water partition coefficient (Wildman–Crippen LogP) is 4.48. The second-order valence-corrected chi connectivity index (χ2v) is 6.18. The number of ether oxygens (including phenoxy) is 1. The van der Waals surface area contributed by atoms with Gasteiger partial charge in [0.25, 0.3) is 0 Å². The van der Waals surface area contributed by atoms with Gasteiger partial charge in [0.15, 0.2) is 0 Å². The molecule has 5 heteroatoms. The topological polar surface area (TPSA) is 26.3 Å². The molecule has 0 aliphatic carbocycles. The van der Waals surface area contributed by atoms with Gasteiger partial charge in [0.05, 0.1) is 0 Å². The Balaban J connectivity index is 3.65. The highest BCUT2D eigenvalue weighted by atomic mass is 32.2. The smallest absolute Gasteiger partial charge is 0.303 e. The van der Waals surface area contributed by atoms with Crippen LogP contribution in [-0.2, 0) is 9.53 Å². The minimum atomic E-state index is -2.55. The first kappa shape index (κ1) is 17.7. The molecule has 0 radical (unpaired) electrons. The molecular formula is C13H24F2O2S. The number of hydrogen-bond acceptors (Lipinski definition) is 3. The van der Waals surface area contributed by atoms with Crippen molar-refractivity contribution in [3.63, 3.8) is 0 Å². The van der Waals surface area contributed by atoms with E-state index in [1.807, 2.05) is 13.8 Å². The maximum absolute atomic E-state index is 12.5. The quantitative estimate of drug-likeness (QED) is 0.354. The Morgan fingerprint density at radius 2 is 1.89 bits per heavy atom. The fourth-order valence-electron chi connectivity index (χ4n) is 1.44. The molecule has 0 bridgehead atoms. The minimum Gasteiger partial charge on any atom is -0.451 e. The molecule has 18 heavy (non-hydrogen) atoms. The van der Waals surface area contributed by atoms with E-state index in [0.717, 1.165) is 25.5 Å². The van der Waals surface area contributed by atoms with Crippen LogP contribution in [-0.4, -0.2) is 23.1 Å². The van der Waals surface area contributed by atoms with E-state index in [9.17, 15) is 13.6 Å². The lowest BCUT2D eigenvalue weighted by Crippen LogP contribution is -2.19. The molecule has 1 atom stereocenters. The van der Waals surface area contributed by atoms with Gasteiger partial charge in [-0.3, -0.25) is 4.79 Å². The number of thioether (sulfide) groups is 1. The maximum atomic E-state index is 12.5. The number of alkyl halides is 2. The van der Waals surface area contributed by atoms with E-state index in [-0.39, 0.29) is 23.7 Å². The van der Waals surface area contributed by atoms with E-state index in [2.05, 4.69) is 0 Å². The van der Waals surface area contributed by atoms with Crippen molar-refractivity contribution >= 4 is 17.7 Å². The average molecular weight is 282 g/mol. The summed E-state index contributed by atoms with van der Waals surface area (Å²) < 4.78 is 30.3. The fourth-order valence-corrected chi connectivity index (χ4v) is 2.63. The molecule has 2 nitrogen and oxygen atoms in total. The van der Waals surface area contributed by atoms with Crippen molar-refractivity contribution in [1.82, 2.24) is 0 Å². The van der Waals surface area contributed by atoms with Crippen molar-refractivity contribution in [2.75, 3.05) is 5.75 Å². The van der Waals surface area contributed by atoms with Gasteiger partial charge in [0.2, 0.25) is 5.92 Å². The molecule has 0 aromatic heterocycles. The lowest BCUT2D eigenvalue weighted by atomic mass is 10.1. The Labute approximate surface area is 113 Å². The van der Waals surface area contributed by atoms with Gasteiger partial charge < -0.3 is 4.74 Å². The molecule has 0 N–H and O–H groups in total. The summed E-state index contributed by atoms with van der Waals surface area (Å²) in [5.74, 6) is -1.72. The van der Waals surface area contributed by atoms with Crippen LogP contribution in [0.4, 0.5) is 8.78 Å². The number of hydrogen-bond donors (Lipinski definition) is 0. The summed E-state index contributed by atoms with van der Waals surface area (Å²) in [6.45, 7) is 6.35. The molecule has 0 aromatic rings. The van der Waals surface area contributed by atoms with Crippen LogP contribution in [0.1, 0.15) is 53.4 Å². The maximum Gasteiger partial charge on any atom is 0.303 e. The van der Waals surface area contributed by atoms with Crippen molar-refractivity contribution in [2.24, 2.45) is 5.92 Å². The fraction of sp³-hybridized carbons (Fsp3) is 0.923. The largest absolute Gasteiger partial charge is 0.451 e. The van der Waals surface area contributed by atoms with Crippen molar-refractivity contribution in [3.05, 3.63) is 0 Å². The first-order valence-corrected chi connectivity index (χ1v) is 7.44. The summed E-state index contributed by atoms with van der Waals surface area (Å²) >= 11 is 1.59. The number of carbonyl (C=O) groups is 1. The molecule has 0 aliphatic heterocycles. The van der Waals surface area contributed by atoms with Gasteiger partial charge in [-0.05, 0) is 31.4 Å². The van der Waals surface area contributed by atoms with Crippen molar-refractivity contribution in [1.29, 1.82) is 0 Å². The van der Waals surface area contributed by atoms with Crippen molar-refractivity contribution in [3.8, 4) is 0 Å². The van der Waals surface area contributed by atoms with Gasteiger partial charge >= 0.3 is 5.97 Å². The predicted molar refractivity (Wildman–Crippen MR) is 71.9 cm³/mol. The number of halogens is 2. The molecular weight excluding hydrogens is 258 g/mol. The Morgan fingerprint density at radius 1 is 1.28 bits per heavy atom. The van der Waals surface area contributed by atoms with Crippen LogP contribution in [0.3, 0.4) is 0 Å². The number of unbranched alkanes of at least 4 members (excludes halogenated alkanes) is 2. The lowest BCUT2D eigenvalue weighted by molar-refractivity contribution is -0.143. The third-order valence-corrected chi connectivity index (χ3v) is 3.86. The van der Waals surface area contributed by atoms with Gasteiger partial charge in [0.1, 0.15) is 5.44 Å². The van der Waals surface area contributed by atoms with E-state index in [0.29, 0.717) is 6.42 Å². The first-order chi connectivity index (χ1) is 8.22. The second-order valence-electron chi connectivity index (χ2n) is 4.97. The zero-order valence-electron chi connectivity index (χ0n) is 11.7. The first-order valence-electron chi connectivity index (χ1n) is 6.39. The molecule has 0 heterocycles. The van der Waals surface area contributed by atoms with E-state index in [1.54, 1.807) is 11.8 Å². The number of esters is 1. The Bertz CT molecular complexity index is 240. The molecule has 108 valence electrons. The van der Waals surface area contributed by atoms with E-state index >= 15 is 0 Å². The molecule has 0 saturated carbocycles. The third-order valence-electron chi connectivity index (χ3n) is 2.37. The molecule has 0 aliphatic rings. The van der Waals surface area contributed by atoms with Gasteiger partial charge in [0, 0.05) is 13.3 Å².